The van der Waals surface area contributed by atoms with Gasteiger partial charge in [-0.3, -0.25) is 14.5 Å². The summed E-state index contributed by atoms with van der Waals surface area (Å²) < 4.78 is 0. The van der Waals surface area contributed by atoms with E-state index in [-0.39, 0.29) is 24.7 Å². The highest BCUT2D eigenvalue weighted by Crippen LogP contribution is 2.35. The predicted molar refractivity (Wildman–Crippen MR) is 85.1 cm³/mol. The van der Waals surface area contributed by atoms with Crippen LogP contribution in [-0.2, 0) is 9.59 Å². The van der Waals surface area contributed by atoms with Gasteiger partial charge in [0.05, 0.1) is 0 Å². The fraction of sp³-hybridized carbons (Fsp3) is 0.882. The maximum atomic E-state index is 12.2. The number of nitrogens with zero attached hydrogens (tertiary/aromatic N) is 2. The zero-order valence-corrected chi connectivity index (χ0v) is 13.5. The van der Waals surface area contributed by atoms with Crippen LogP contribution in [-0.4, -0.2) is 53.8 Å². The van der Waals surface area contributed by atoms with Crippen LogP contribution >= 0.6 is 0 Å². The van der Waals surface area contributed by atoms with E-state index < -0.39 is 0 Å². The molecule has 0 aromatic carbocycles. The van der Waals surface area contributed by atoms with Crippen molar-refractivity contribution in [3.8, 4) is 0 Å². The monoisotopic (exact) mass is 307 g/mol. The summed E-state index contributed by atoms with van der Waals surface area (Å²) in [5.74, 6) is 1.28. The quantitative estimate of drug-likeness (QED) is 0.834. The van der Waals surface area contributed by atoms with Crippen LogP contribution in [0.25, 0.3) is 0 Å². The number of hydrogen-bond donors (Lipinski definition) is 1. The minimum atomic E-state index is -0.381. The fourth-order valence-corrected chi connectivity index (χ4v) is 4.14. The number of fused-ring (bicyclic) bond motifs is 1. The Kier molecular flexibility index (Phi) is 5.01. The second-order valence-electron chi connectivity index (χ2n) is 7.36. The van der Waals surface area contributed by atoms with Gasteiger partial charge in [-0.25, -0.2) is 0 Å². The van der Waals surface area contributed by atoms with E-state index in [2.05, 4.69) is 4.90 Å². The lowest BCUT2D eigenvalue weighted by Crippen LogP contribution is -2.52. The normalized spacial score (nSPS) is 29.7. The smallest absolute Gasteiger partial charge is 0.223 e. The third-order valence-electron chi connectivity index (χ3n) is 5.56. The first-order valence-corrected chi connectivity index (χ1v) is 8.93. The maximum Gasteiger partial charge on any atom is 0.223 e. The molecule has 0 unspecified atom stereocenters. The van der Waals surface area contributed by atoms with E-state index in [0.717, 1.165) is 25.4 Å². The Balaban J connectivity index is 1.56. The molecule has 0 spiro atoms. The van der Waals surface area contributed by atoms with Gasteiger partial charge in [0.15, 0.2) is 0 Å². The van der Waals surface area contributed by atoms with Crippen LogP contribution in [0.2, 0.25) is 0 Å². The topological polar surface area (TPSA) is 66.6 Å². The van der Waals surface area contributed by atoms with Gasteiger partial charge in [-0.05, 0) is 50.5 Å². The summed E-state index contributed by atoms with van der Waals surface area (Å²) in [4.78, 5) is 27.8. The summed E-state index contributed by atoms with van der Waals surface area (Å²) in [5.41, 5.74) is 5.15. The first-order chi connectivity index (χ1) is 10.6. The van der Waals surface area contributed by atoms with Gasteiger partial charge in [0.25, 0.3) is 0 Å². The molecular weight excluding hydrogens is 278 g/mol. The summed E-state index contributed by atoms with van der Waals surface area (Å²) in [6.45, 7) is 4.24. The van der Waals surface area contributed by atoms with E-state index >= 15 is 0 Å². The van der Waals surface area contributed by atoms with Gasteiger partial charge in [-0.1, -0.05) is 6.42 Å². The summed E-state index contributed by atoms with van der Waals surface area (Å²) in [5, 5.41) is 0. The van der Waals surface area contributed by atoms with Gasteiger partial charge in [0, 0.05) is 38.5 Å². The van der Waals surface area contributed by atoms with Crippen molar-refractivity contribution in [3.05, 3.63) is 0 Å². The van der Waals surface area contributed by atoms with Crippen molar-refractivity contribution in [2.24, 2.45) is 17.6 Å². The third-order valence-corrected chi connectivity index (χ3v) is 5.56. The molecule has 2 saturated heterocycles. The summed E-state index contributed by atoms with van der Waals surface area (Å²) in [6.07, 6.45) is 8.19. The minimum Gasteiger partial charge on any atom is -0.370 e. The highest BCUT2D eigenvalue weighted by atomic mass is 16.2. The van der Waals surface area contributed by atoms with Gasteiger partial charge in [0.1, 0.15) is 0 Å². The van der Waals surface area contributed by atoms with Crippen LogP contribution in [0.4, 0.5) is 0 Å². The van der Waals surface area contributed by atoms with Crippen molar-refractivity contribution in [1.29, 1.82) is 0 Å². The van der Waals surface area contributed by atoms with Crippen molar-refractivity contribution in [2.45, 2.75) is 57.4 Å². The summed E-state index contributed by atoms with van der Waals surface area (Å²) >= 11 is 0. The number of rotatable bonds is 5. The average Bonchev–Trinajstić information content (AvgIpc) is 3.32. The zero-order chi connectivity index (χ0) is 15.5. The van der Waals surface area contributed by atoms with Gasteiger partial charge < -0.3 is 10.6 Å². The number of hydrogen-bond acceptors (Lipinski definition) is 3. The standard InChI is InChI=1S/C17H29N3O2/c18-16(21)6-7-17(22)20-10-8-15-14(12-20)3-1-2-9-19(15)11-13-4-5-13/h13-15H,1-12H2,(H2,18,21)/t14-,15+/m0/s1. The van der Waals surface area contributed by atoms with Crippen molar-refractivity contribution in [2.75, 3.05) is 26.2 Å². The van der Waals surface area contributed by atoms with Crippen molar-refractivity contribution in [3.63, 3.8) is 0 Å². The zero-order valence-electron chi connectivity index (χ0n) is 13.5. The van der Waals surface area contributed by atoms with Crippen LogP contribution in [0.3, 0.4) is 0 Å². The highest BCUT2D eigenvalue weighted by molar-refractivity contribution is 5.82. The molecule has 2 heterocycles. The lowest BCUT2D eigenvalue weighted by Gasteiger charge is -2.43. The van der Waals surface area contributed by atoms with Crippen molar-refractivity contribution < 1.29 is 9.59 Å². The molecule has 1 saturated carbocycles. The molecule has 124 valence electrons. The molecule has 3 rings (SSSR count). The molecule has 3 fully saturated rings. The molecule has 0 bridgehead atoms. The van der Waals surface area contributed by atoms with Crippen LogP contribution < -0.4 is 5.73 Å². The molecule has 5 heteroatoms. The van der Waals surface area contributed by atoms with Crippen LogP contribution in [0.15, 0.2) is 0 Å². The third kappa shape index (κ3) is 4.00. The Morgan fingerprint density at radius 1 is 1.00 bits per heavy atom. The average molecular weight is 307 g/mol. The number of carbonyl (C=O) groups is 2. The predicted octanol–water partition coefficient (Wildman–Crippen LogP) is 1.36. The van der Waals surface area contributed by atoms with Gasteiger partial charge in [-0.2, -0.15) is 0 Å². The summed E-state index contributed by atoms with van der Waals surface area (Å²) in [6, 6.07) is 0.670. The fourth-order valence-electron chi connectivity index (χ4n) is 4.14. The minimum absolute atomic E-state index is 0.107. The molecule has 2 atom stereocenters. The van der Waals surface area contributed by atoms with E-state index in [1.165, 1.54) is 45.2 Å². The first-order valence-electron chi connectivity index (χ1n) is 8.93. The van der Waals surface area contributed by atoms with Crippen LogP contribution in [0, 0.1) is 11.8 Å². The van der Waals surface area contributed by atoms with Gasteiger partial charge >= 0.3 is 0 Å². The molecule has 22 heavy (non-hydrogen) atoms. The van der Waals surface area contributed by atoms with E-state index in [9.17, 15) is 9.59 Å². The molecule has 5 nitrogen and oxygen atoms in total. The van der Waals surface area contributed by atoms with E-state index in [1.807, 2.05) is 4.90 Å². The second kappa shape index (κ2) is 6.99. The second-order valence-corrected chi connectivity index (χ2v) is 7.36. The Labute approximate surface area is 133 Å². The van der Waals surface area contributed by atoms with Crippen molar-refractivity contribution >= 4 is 11.8 Å². The van der Waals surface area contributed by atoms with Crippen molar-refractivity contribution in [1.82, 2.24) is 9.80 Å². The van der Waals surface area contributed by atoms with E-state index in [4.69, 9.17) is 5.73 Å². The largest absolute Gasteiger partial charge is 0.370 e. The number of primary amides is 1. The van der Waals surface area contributed by atoms with Crippen LogP contribution in [0.5, 0.6) is 0 Å². The molecule has 0 aromatic rings. The lowest BCUT2D eigenvalue weighted by atomic mass is 9.88. The van der Waals surface area contributed by atoms with E-state index in [0.29, 0.717) is 12.0 Å². The van der Waals surface area contributed by atoms with E-state index in [1.54, 1.807) is 0 Å². The SMILES string of the molecule is NC(=O)CCC(=O)N1CC[C@@H]2[C@@H](CCCCN2CC2CC2)C1. The number of carbonyl (C=O) groups excluding carboxylic acids is 2. The molecule has 0 radical (unpaired) electrons. The molecule has 1 aliphatic carbocycles. The number of amides is 2. The number of likely N-dealkylation sites (tertiary alicyclic amines) is 2. The molecule has 3 aliphatic rings. The maximum absolute atomic E-state index is 12.2. The summed E-state index contributed by atoms with van der Waals surface area (Å²) in [7, 11) is 0. The molecular formula is C17H29N3O2. The Morgan fingerprint density at radius 2 is 1.82 bits per heavy atom. The lowest BCUT2D eigenvalue weighted by molar-refractivity contribution is -0.135. The Hall–Kier alpha value is -1.10. The Morgan fingerprint density at radius 3 is 2.55 bits per heavy atom. The Bertz CT molecular complexity index is 422. The molecule has 2 amide bonds. The first kappa shape index (κ1) is 15.8. The molecule has 0 aromatic heterocycles. The van der Waals surface area contributed by atoms with Gasteiger partial charge in [-0.15, -0.1) is 0 Å². The number of piperidine rings is 1. The molecule has 2 N–H and O–H groups in total. The van der Waals surface area contributed by atoms with Crippen LogP contribution in [0.1, 0.15) is 51.4 Å². The molecule has 2 aliphatic heterocycles. The van der Waals surface area contributed by atoms with Gasteiger partial charge in [0.2, 0.25) is 11.8 Å². The highest BCUT2D eigenvalue weighted by Gasteiger charge is 2.37. The number of nitrogens with two attached hydrogens (primary N) is 1.